The molecular weight excluding hydrogens is 307 g/mol. The van der Waals surface area contributed by atoms with Crippen LogP contribution in [0, 0.1) is 5.82 Å². The van der Waals surface area contributed by atoms with Crippen LogP contribution in [0.1, 0.15) is 15.9 Å². The fraction of sp³-hybridized carbons (Fsp3) is 0.125. The number of hydrogen-bond donors (Lipinski definition) is 1. The fourth-order valence-electron chi connectivity index (χ4n) is 1.81. The van der Waals surface area contributed by atoms with Gasteiger partial charge < -0.3 is 10.2 Å². The molecule has 0 saturated heterocycles. The summed E-state index contributed by atoms with van der Waals surface area (Å²) >= 11 is 5.84. The third kappa shape index (κ3) is 4.30. The first-order chi connectivity index (χ1) is 10.6. The molecule has 1 amide bonds. The smallest absolute Gasteiger partial charge is 0.251 e. The minimum atomic E-state index is -0.389. The van der Waals surface area contributed by atoms with Crippen molar-refractivity contribution in [2.45, 2.75) is 0 Å². The standard InChI is InChI=1S/C16H14ClFN2O2/c1-22-20-15(11-2-6-13(17)7-3-11)10-19-16(21)12-4-8-14(18)9-5-12/h2-9H,10H2,1H3,(H,19,21)/b20-15+. The van der Waals surface area contributed by atoms with Crippen LogP contribution in [0.2, 0.25) is 5.02 Å². The van der Waals surface area contributed by atoms with Crippen LogP contribution in [0.5, 0.6) is 0 Å². The number of hydrogen-bond acceptors (Lipinski definition) is 3. The second-order valence-corrected chi connectivity index (χ2v) is 4.85. The van der Waals surface area contributed by atoms with Crippen molar-refractivity contribution in [2.24, 2.45) is 5.16 Å². The molecule has 114 valence electrons. The lowest BCUT2D eigenvalue weighted by Gasteiger charge is -2.08. The predicted octanol–water partition coefficient (Wildman–Crippen LogP) is 3.26. The predicted molar refractivity (Wildman–Crippen MR) is 83.7 cm³/mol. The van der Waals surface area contributed by atoms with E-state index in [0.29, 0.717) is 16.3 Å². The molecule has 0 aliphatic carbocycles. The molecule has 4 nitrogen and oxygen atoms in total. The number of rotatable bonds is 5. The van der Waals surface area contributed by atoms with Gasteiger partial charge in [0.25, 0.3) is 5.91 Å². The second kappa shape index (κ2) is 7.56. The van der Waals surface area contributed by atoms with E-state index in [-0.39, 0.29) is 18.3 Å². The van der Waals surface area contributed by atoms with Gasteiger partial charge in [0.1, 0.15) is 18.6 Å². The lowest BCUT2D eigenvalue weighted by molar-refractivity contribution is 0.0959. The molecule has 2 rings (SSSR count). The quantitative estimate of drug-likeness (QED) is 0.679. The molecule has 0 aliphatic rings. The highest BCUT2D eigenvalue weighted by molar-refractivity contribution is 6.30. The highest BCUT2D eigenvalue weighted by Gasteiger charge is 2.09. The van der Waals surface area contributed by atoms with E-state index in [2.05, 4.69) is 10.5 Å². The second-order valence-electron chi connectivity index (χ2n) is 4.42. The molecule has 0 atom stereocenters. The zero-order valence-electron chi connectivity index (χ0n) is 11.8. The molecule has 0 aromatic heterocycles. The number of carbonyl (C=O) groups is 1. The van der Waals surface area contributed by atoms with Gasteiger partial charge in [-0.05, 0) is 36.4 Å². The van der Waals surface area contributed by atoms with Crippen LogP contribution in [-0.4, -0.2) is 25.3 Å². The van der Waals surface area contributed by atoms with Crippen molar-refractivity contribution in [3.63, 3.8) is 0 Å². The third-order valence-corrected chi connectivity index (χ3v) is 3.15. The number of benzene rings is 2. The lowest BCUT2D eigenvalue weighted by Crippen LogP contribution is -2.30. The molecule has 0 saturated carbocycles. The Balaban J connectivity index is 2.06. The number of nitrogens with zero attached hydrogens (tertiary/aromatic N) is 1. The molecule has 1 N–H and O–H groups in total. The van der Waals surface area contributed by atoms with E-state index < -0.39 is 0 Å². The Labute approximate surface area is 132 Å². The SMILES string of the molecule is CO/N=C(\CNC(=O)c1ccc(F)cc1)c1ccc(Cl)cc1. The lowest BCUT2D eigenvalue weighted by atomic mass is 10.1. The van der Waals surface area contributed by atoms with Crippen LogP contribution in [-0.2, 0) is 4.84 Å². The van der Waals surface area contributed by atoms with Crippen molar-refractivity contribution in [3.8, 4) is 0 Å². The minimum Gasteiger partial charge on any atom is -0.399 e. The molecule has 2 aromatic rings. The van der Waals surface area contributed by atoms with Gasteiger partial charge in [-0.15, -0.1) is 0 Å². The zero-order valence-corrected chi connectivity index (χ0v) is 12.6. The Morgan fingerprint density at radius 1 is 1.14 bits per heavy atom. The summed E-state index contributed by atoms with van der Waals surface area (Å²) in [5.74, 6) is -0.711. The van der Waals surface area contributed by atoms with Crippen LogP contribution in [0.3, 0.4) is 0 Å². The molecule has 6 heteroatoms. The molecule has 0 fully saturated rings. The number of halogens is 2. The average Bonchev–Trinajstić information content (AvgIpc) is 2.53. The van der Waals surface area contributed by atoms with E-state index in [9.17, 15) is 9.18 Å². The molecule has 0 bridgehead atoms. The van der Waals surface area contributed by atoms with Crippen molar-refractivity contribution >= 4 is 23.2 Å². The number of nitrogens with one attached hydrogen (secondary N) is 1. The normalized spacial score (nSPS) is 11.1. The summed E-state index contributed by atoms with van der Waals surface area (Å²) in [6.45, 7) is 0.172. The van der Waals surface area contributed by atoms with Gasteiger partial charge in [0.15, 0.2) is 0 Å². The number of oxime groups is 1. The van der Waals surface area contributed by atoms with Crippen molar-refractivity contribution < 1.29 is 14.0 Å². The van der Waals surface area contributed by atoms with Gasteiger partial charge in [-0.2, -0.15) is 0 Å². The van der Waals surface area contributed by atoms with E-state index >= 15 is 0 Å². The molecule has 0 radical (unpaired) electrons. The summed E-state index contributed by atoms with van der Waals surface area (Å²) < 4.78 is 12.8. The van der Waals surface area contributed by atoms with E-state index in [1.54, 1.807) is 24.3 Å². The molecule has 0 heterocycles. The van der Waals surface area contributed by atoms with Gasteiger partial charge in [-0.25, -0.2) is 4.39 Å². The summed E-state index contributed by atoms with van der Waals surface area (Å²) in [6.07, 6.45) is 0. The first kappa shape index (κ1) is 16.0. The van der Waals surface area contributed by atoms with E-state index in [4.69, 9.17) is 16.4 Å². The highest BCUT2D eigenvalue weighted by atomic mass is 35.5. The van der Waals surface area contributed by atoms with Crippen molar-refractivity contribution in [1.82, 2.24) is 5.32 Å². The molecule has 0 aliphatic heterocycles. The summed E-state index contributed by atoms with van der Waals surface area (Å²) in [5, 5.41) is 7.22. The average molecular weight is 321 g/mol. The molecule has 2 aromatic carbocycles. The fourth-order valence-corrected chi connectivity index (χ4v) is 1.93. The van der Waals surface area contributed by atoms with Crippen LogP contribution in [0.4, 0.5) is 4.39 Å². The van der Waals surface area contributed by atoms with Gasteiger partial charge in [-0.3, -0.25) is 4.79 Å². The minimum absolute atomic E-state index is 0.172. The van der Waals surface area contributed by atoms with Crippen molar-refractivity contribution in [2.75, 3.05) is 13.7 Å². The van der Waals surface area contributed by atoms with E-state index in [1.807, 2.05) is 0 Å². The molecule has 0 spiro atoms. The largest absolute Gasteiger partial charge is 0.399 e. The first-order valence-corrected chi connectivity index (χ1v) is 6.87. The van der Waals surface area contributed by atoms with Gasteiger partial charge in [-0.1, -0.05) is 28.9 Å². The van der Waals surface area contributed by atoms with Gasteiger partial charge in [0, 0.05) is 16.1 Å². The van der Waals surface area contributed by atoms with Crippen molar-refractivity contribution in [3.05, 3.63) is 70.5 Å². The van der Waals surface area contributed by atoms with Gasteiger partial charge >= 0.3 is 0 Å². The summed E-state index contributed by atoms with van der Waals surface area (Å²) in [7, 11) is 1.43. The number of amides is 1. The van der Waals surface area contributed by atoms with E-state index in [0.717, 1.165) is 5.56 Å². The summed E-state index contributed by atoms with van der Waals surface area (Å²) in [5.41, 5.74) is 1.70. The van der Waals surface area contributed by atoms with Crippen LogP contribution in [0.15, 0.2) is 53.7 Å². The first-order valence-electron chi connectivity index (χ1n) is 6.50. The molecule has 0 unspecified atom stereocenters. The van der Waals surface area contributed by atoms with Gasteiger partial charge in [0.05, 0.1) is 6.54 Å². The Morgan fingerprint density at radius 2 is 1.73 bits per heavy atom. The zero-order chi connectivity index (χ0) is 15.9. The van der Waals surface area contributed by atoms with E-state index in [1.165, 1.54) is 31.4 Å². The molecular formula is C16H14ClFN2O2. The summed E-state index contributed by atoms with van der Waals surface area (Å²) in [6, 6.07) is 12.3. The topological polar surface area (TPSA) is 50.7 Å². The molecule has 22 heavy (non-hydrogen) atoms. The maximum atomic E-state index is 12.8. The third-order valence-electron chi connectivity index (χ3n) is 2.90. The Morgan fingerprint density at radius 3 is 2.32 bits per heavy atom. The summed E-state index contributed by atoms with van der Waals surface area (Å²) in [4.78, 5) is 16.8. The van der Waals surface area contributed by atoms with Crippen LogP contribution in [0.25, 0.3) is 0 Å². The maximum Gasteiger partial charge on any atom is 0.251 e. The Kier molecular flexibility index (Phi) is 5.49. The number of carbonyl (C=O) groups excluding carboxylic acids is 1. The Hall–Kier alpha value is -2.40. The van der Waals surface area contributed by atoms with Gasteiger partial charge in [0.2, 0.25) is 0 Å². The monoisotopic (exact) mass is 320 g/mol. The maximum absolute atomic E-state index is 12.8. The Bertz CT molecular complexity index is 670. The van der Waals surface area contributed by atoms with Crippen LogP contribution < -0.4 is 5.32 Å². The van der Waals surface area contributed by atoms with Crippen molar-refractivity contribution in [1.29, 1.82) is 0 Å². The highest BCUT2D eigenvalue weighted by Crippen LogP contribution is 2.10. The van der Waals surface area contributed by atoms with Crippen LogP contribution >= 0.6 is 11.6 Å².